The second kappa shape index (κ2) is 4.47. The van der Waals surface area contributed by atoms with E-state index in [9.17, 15) is 4.79 Å². The summed E-state index contributed by atoms with van der Waals surface area (Å²) in [7, 11) is 0. The molecule has 86 valence electrons. The Balaban J connectivity index is 2.27. The molecule has 2 rings (SSSR count). The van der Waals surface area contributed by atoms with Gasteiger partial charge in [-0.3, -0.25) is 9.69 Å². The van der Waals surface area contributed by atoms with Gasteiger partial charge in [-0.25, -0.2) is 9.97 Å². The molecular weight excluding hydrogens is 204 g/mol. The van der Waals surface area contributed by atoms with Gasteiger partial charge in [0, 0.05) is 13.0 Å². The van der Waals surface area contributed by atoms with Gasteiger partial charge in [0.15, 0.2) is 0 Å². The van der Waals surface area contributed by atoms with E-state index in [1.165, 1.54) is 0 Å². The molecule has 0 unspecified atom stereocenters. The van der Waals surface area contributed by atoms with Crippen molar-refractivity contribution in [3.8, 4) is 0 Å². The third-order valence-electron chi connectivity index (χ3n) is 2.82. The molecule has 1 saturated heterocycles. The molecule has 5 heteroatoms. The zero-order chi connectivity index (χ0) is 11.5. The van der Waals surface area contributed by atoms with Crippen LogP contribution in [0.5, 0.6) is 0 Å². The van der Waals surface area contributed by atoms with E-state index in [-0.39, 0.29) is 5.91 Å². The maximum Gasteiger partial charge on any atom is 0.232 e. The number of carbonyl (C=O) groups excluding carboxylic acids is 1. The van der Waals surface area contributed by atoms with E-state index in [1.54, 1.807) is 11.1 Å². The first-order valence-electron chi connectivity index (χ1n) is 5.58. The largest absolute Gasteiger partial charge is 0.396 e. The van der Waals surface area contributed by atoms with Crippen LogP contribution in [0.25, 0.3) is 0 Å². The molecule has 0 aliphatic carbocycles. The summed E-state index contributed by atoms with van der Waals surface area (Å²) in [5.74, 6) is 0.597. The van der Waals surface area contributed by atoms with Crippen LogP contribution in [-0.4, -0.2) is 22.4 Å². The van der Waals surface area contributed by atoms with Crippen molar-refractivity contribution in [3.05, 3.63) is 11.9 Å². The standard InChI is InChI=1S/C11H16N4O/c1-8-9(12)7-13-11(14-8)15-6-4-2-3-5-10(15)16/h7H,2-6,12H2,1H3. The van der Waals surface area contributed by atoms with Crippen LogP contribution >= 0.6 is 0 Å². The minimum absolute atomic E-state index is 0.113. The molecule has 5 nitrogen and oxygen atoms in total. The number of nitrogen functional groups attached to an aromatic ring is 1. The normalized spacial score (nSPS) is 17.3. The van der Waals surface area contributed by atoms with Crippen LogP contribution in [-0.2, 0) is 4.79 Å². The van der Waals surface area contributed by atoms with Crippen LogP contribution in [0.1, 0.15) is 31.4 Å². The summed E-state index contributed by atoms with van der Waals surface area (Å²) in [6.07, 6.45) is 5.22. The first-order chi connectivity index (χ1) is 7.68. The minimum Gasteiger partial charge on any atom is -0.396 e. The van der Waals surface area contributed by atoms with Crippen molar-refractivity contribution >= 4 is 17.5 Å². The second-order valence-corrected chi connectivity index (χ2v) is 4.07. The average Bonchev–Trinajstić information content (AvgIpc) is 2.47. The minimum atomic E-state index is 0.113. The Kier molecular flexibility index (Phi) is 3.03. The van der Waals surface area contributed by atoms with Gasteiger partial charge in [0.05, 0.1) is 17.6 Å². The summed E-state index contributed by atoms with van der Waals surface area (Å²) in [6.45, 7) is 2.53. The summed E-state index contributed by atoms with van der Waals surface area (Å²) in [5.41, 5.74) is 6.94. The van der Waals surface area contributed by atoms with Crippen LogP contribution in [0.4, 0.5) is 11.6 Å². The lowest BCUT2D eigenvalue weighted by atomic mass is 10.2. The van der Waals surface area contributed by atoms with Crippen molar-refractivity contribution in [2.75, 3.05) is 17.2 Å². The number of hydrogen-bond acceptors (Lipinski definition) is 4. The van der Waals surface area contributed by atoms with E-state index in [0.29, 0.717) is 24.6 Å². The predicted octanol–water partition coefficient (Wildman–Crippen LogP) is 1.27. The summed E-state index contributed by atoms with van der Waals surface area (Å²) >= 11 is 0. The topological polar surface area (TPSA) is 72.1 Å². The molecule has 1 fully saturated rings. The SMILES string of the molecule is Cc1nc(N2CCCCCC2=O)ncc1N. The average molecular weight is 220 g/mol. The van der Waals surface area contributed by atoms with Gasteiger partial charge in [0.1, 0.15) is 0 Å². The molecule has 1 aromatic heterocycles. The van der Waals surface area contributed by atoms with E-state index in [0.717, 1.165) is 25.0 Å². The number of aromatic nitrogens is 2. The lowest BCUT2D eigenvalue weighted by Crippen LogP contribution is -2.31. The van der Waals surface area contributed by atoms with Gasteiger partial charge in [-0.1, -0.05) is 6.42 Å². The molecule has 1 aliphatic heterocycles. The number of carbonyl (C=O) groups is 1. The van der Waals surface area contributed by atoms with Gasteiger partial charge in [0.25, 0.3) is 0 Å². The molecule has 2 heterocycles. The van der Waals surface area contributed by atoms with E-state index in [1.807, 2.05) is 6.92 Å². The Morgan fingerprint density at radius 3 is 2.94 bits per heavy atom. The van der Waals surface area contributed by atoms with E-state index >= 15 is 0 Å². The van der Waals surface area contributed by atoms with E-state index in [4.69, 9.17) is 5.73 Å². The summed E-state index contributed by atoms with van der Waals surface area (Å²) in [4.78, 5) is 21.9. The quantitative estimate of drug-likeness (QED) is 0.773. The van der Waals surface area contributed by atoms with E-state index in [2.05, 4.69) is 9.97 Å². The molecule has 1 amide bonds. The fourth-order valence-electron chi connectivity index (χ4n) is 1.79. The molecule has 1 aliphatic rings. The van der Waals surface area contributed by atoms with Crippen LogP contribution < -0.4 is 10.6 Å². The molecular formula is C11H16N4O. The lowest BCUT2D eigenvalue weighted by Gasteiger charge is -2.18. The highest BCUT2D eigenvalue weighted by Crippen LogP contribution is 2.18. The maximum absolute atomic E-state index is 11.8. The fourth-order valence-corrected chi connectivity index (χ4v) is 1.79. The number of rotatable bonds is 1. The molecule has 16 heavy (non-hydrogen) atoms. The lowest BCUT2D eigenvalue weighted by molar-refractivity contribution is -0.118. The Hall–Kier alpha value is -1.65. The molecule has 0 aromatic carbocycles. The third-order valence-corrected chi connectivity index (χ3v) is 2.82. The highest BCUT2D eigenvalue weighted by atomic mass is 16.2. The van der Waals surface area contributed by atoms with Gasteiger partial charge in [-0.15, -0.1) is 0 Å². The van der Waals surface area contributed by atoms with Gasteiger partial charge in [-0.2, -0.15) is 0 Å². The van der Waals surface area contributed by atoms with Crippen molar-refractivity contribution in [3.63, 3.8) is 0 Å². The highest BCUT2D eigenvalue weighted by molar-refractivity contribution is 5.91. The summed E-state index contributed by atoms with van der Waals surface area (Å²) in [6, 6.07) is 0. The first kappa shape index (κ1) is 10.9. The maximum atomic E-state index is 11.8. The Morgan fingerprint density at radius 2 is 2.19 bits per heavy atom. The molecule has 0 bridgehead atoms. The Bertz CT molecular complexity index is 405. The zero-order valence-corrected chi connectivity index (χ0v) is 9.44. The van der Waals surface area contributed by atoms with Crippen LogP contribution in [0.2, 0.25) is 0 Å². The number of nitrogens with two attached hydrogens (primary N) is 1. The molecule has 0 radical (unpaired) electrons. The Labute approximate surface area is 94.7 Å². The summed E-state index contributed by atoms with van der Waals surface area (Å²) in [5, 5.41) is 0. The van der Waals surface area contributed by atoms with Gasteiger partial charge in [-0.05, 0) is 19.8 Å². The van der Waals surface area contributed by atoms with Crippen LogP contribution in [0.15, 0.2) is 6.20 Å². The van der Waals surface area contributed by atoms with Gasteiger partial charge < -0.3 is 5.73 Å². The number of hydrogen-bond donors (Lipinski definition) is 1. The molecule has 0 saturated carbocycles. The number of amides is 1. The van der Waals surface area contributed by atoms with Crippen molar-refractivity contribution < 1.29 is 4.79 Å². The van der Waals surface area contributed by atoms with Crippen molar-refractivity contribution in [1.29, 1.82) is 0 Å². The molecule has 0 atom stereocenters. The van der Waals surface area contributed by atoms with Crippen molar-refractivity contribution in [1.82, 2.24) is 9.97 Å². The fraction of sp³-hybridized carbons (Fsp3) is 0.545. The van der Waals surface area contributed by atoms with Crippen molar-refractivity contribution in [2.24, 2.45) is 0 Å². The molecule has 0 spiro atoms. The van der Waals surface area contributed by atoms with Gasteiger partial charge >= 0.3 is 0 Å². The van der Waals surface area contributed by atoms with E-state index < -0.39 is 0 Å². The Morgan fingerprint density at radius 1 is 1.38 bits per heavy atom. The second-order valence-electron chi connectivity index (χ2n) is 4.07. The van der Waals surface area contributed by atoms with Gasteiger partial charge in [0.2, 0.25) is 11.9 Å². The monoisotopic (exact) mass is 220 g/mol. The molecule has 2 N–H and O–H groups in total. The first-order valence-corrected chi connectivity index (χ1v) is 5.58. The number of nitrogens with zero attached hydrogens (tertiary/aromatic N) is 3. The van der Waals surface area contributed by atoms with Crippen LogP contribution in [0.3, 0.4) is 0 Å². The highest BCUT2D eigenvalue weighted by Gasteiger charge is 2.20. The smallest absolute Gasteiger partial charge is 0.232 e. The summed E-state index contributed by atoms with van der Waals surface area (Å²) < 4.78 is 0. The van der Waals surface area contributed by atoms with Crippen molar-refractivity contribution in [2.45, 2.75) is 32.6 Å². The zero-order valence-electron chi connectivity index (χ0n) is 9.44. The third kappa shape index (κ3) is 2.13. The molecule has 1 aromatic rings. The van der Waals surface area contributed by atoms with Crippen LogP contribution in [0, 0.1) is 6.92 Å². The predicted molar refractivity (Wildman–Crippen MR) is 62.0 cm³/mol. The number of aryl methyl sites for hydroxylation is 1. The number of anilines is 2.